The lowest BCUT2D eigenvalue weighted by molar-refractivity contribution is 0.0601. The van der Waals surface area contributed by atoms with E-state index in [9.17, 15) is 4.79 Å². The van der Waals surface area contributed by atoms with Gasteiger partial charge >= 0.3 is 5.97 Å². The first-order valence-electron chi connectivity index (χ1n) is 5.38. The molecule has 0 aliphatic heterocycles. The van der Waals surface area contributed by atoms with Crippen molar-refractivity contribution in [2.24, 2.45) is 0 Å². The van der Waals surface area contributed by atoms with Gasteiger partial charge in [-0.05, 0) is 30.3 Å². The summed E-state index contributed by atoms with van der Waals surface area (Å²) in [6.07, 6.45) is 1.53. The van der Waals surface area contributed by atoms with E-state index in [0.717, 1.165) is 4.90 Å². The lowest BCUT2D eigenvalue weighted by Gasteiger charge is -2.08. The monoisotopic (exact) mass is 294 g/mol. The average molecular weight is 295 g/mol. The van der Waals surface area contributed by atoms with Gasteiger partial charge in [-0.1, -0.05) is 23.4 Å². The molecule has 0 radical (unpaired) electrons. The molecule has 1 aromatic carbocycles. The second-order valence-corrected chi connectivity index (χ2v) is 5.12. The highest BCUT2D eigenvalue weighted by atomic mass is 35.5. The number of nitrogen functional groups attached to an aromatic ring is 1. The Morgan fingerprint density at radius 3 is 2.63 bits per heavy atom. The highest BCUT2D eigenvalue weighted by Crippen LogP contribution is 2.32. The molecule has 2 N–H and O–H groups in total. The zero-order valence-corrected chi connectivity index (χ0v) is 11.7. The van der Waals surface area contributed by atoms with Gasteiger partial charge in [-0.25, -0.2) is 9.78 Å². The first-order valence-corrected chi connectivity index (χ1v) is 6.57. The predicted molar refractivity (Wildman–Crippen MR) is 75.6 cm³/mol. The largest absolute Gasteiger partial charge is 0.465 e. The van der Waals surface area contributed by atoms with Crippen LogP contribution in [0.3, 0.4) is 0 Å². The van der Waals surface area contributed by atoms with Gasteiger partial charge in [0.1, 0.15) is 5.03 Å². The number of benzene rings is 1. The molecule has 1 heterocycles. The number of rotatable bonds is 3. The van der Waals surface area contributed by atoms with Crippen molar-refractivity contribution in [3.63, 3.8) is 0 Å². The third-order valence-electron chi connectivity index (χ3n) is 2.39. The minimum Gasteiger partial charge on any atom is -0.465 e. The minimum absolute atomic E-state index is 0.314. The van der Waals surface area contributed by atoms with Gasteiger partial charge in [0.2, 0.25) is 0 Å². The van der Waals surface area contributed by atoms with Crippen molar-refractivity contribution in [3.8, 4) is 0 Å². The summed E-state index contributed by atoms with van der Waals surface area (Å²) in [4.78, 5) is 16.6. The summed E-state index contributed by atoms with van der Waals surface area (Å²) in [6.45, 7) is 0. The second kappa shape index (κ2) is 5.95. The van der Waals surface area contributed by atoms with E-state index < -0.39 is 5.97 Å². The molecule has 0 spiro atoms. The third kappa shape index (κ3) is 3.19. The van der Waals surface area contributed by atoms with E-state index in [-0.39, 0.29) is 0 Å². The molecule has 1 aromatic heterocycles. The van der Waals surface area contributed by atoms with Crippen LogP contribution < -0.4 is 5.73 Å². The van der Waals surface area contributed by atoms with Crippen LogP contribution in [-0.2, 0) is 4.74 Å². The van der Waals surface area contributed by atoms with E-state index in [1.165, 1.54) is 31.1 Å². The topological polar surface area (TPSA) is 65.2 Å². The first kappa shape index (κ1) is 13.7. The number of nitrogens with zero attached hydrogens (tertiary/aromatic N) is 1. The number of hydrogen-bond donors (Lipinski definition) is 1. The molecule has 0 amide bonds. The minimum atomic E-state index is -0.474. The molecular formula is C13H11ClN2O2S. The number of aromatic nitrogens is 1. The molecule has 0 atom stereocenters. The molecule has 0 aliphatic rings. The number of halogens is 1. The lowest BCUT2D eigenvalue weighted by atomic mass is 10.2. The van der Waals surface area contributed by atoms with Crippen molar-refractivity contribution in [1.29, 1.82) is 0 Å². The third-order valence-corrected chi connectivity index (χ3v) is 3.67. The molecule has 98 valence electrons. The van der Waals surface area contributed by atoms with Crippen LogP contribution in [0, 0.1) is 0 Å². The van der Waals surface area contributed by atoms with Crippen LogP contribution in [0.15, 0.2) is 46.5 Å². The zero-order chi connectivity index (χ0) is 13.8. The van der Waals surface area contributed by atoms with Gasteiger partial charge in [-0.3, -0.25) is 0 Å². The summed E-state index contributed by atoms with van der Waals surface area (Å²) in [7, 11) is 1.31. The van der Waals surface area contributed by atoms with Gasteiger partial charge in [0.25, 0.3) is 0 Å². The van der Waals surface area contributed by atoms with E-state index >= 15 is 0 Å². The van der Waals surface area contributed by atoms with Crippen molar-refractivity contribution in [2.45, 2.75) is 9.92 Å². The number of ether oxygens (including phenoxy) is 1. The molecule has 0 aliphatic carbocycles. The summed E-state index contributed by atoms with van der Waals surface area (Å²) in [5.74, 6) is -0.474. The van der Waals surface area contributed by atoms with E-state index in [0.29, 0.717) is 21.3 Å². The highest BCUT2D eigenvalue weighted by Gasteiger charge is 2.14. The molecule has 2 aromatic rings. The lowest BCUT2D eigenvalue weighted by Crippen LogP contribution is -2.07. The number of hydrogen-bond acceptors (Lipinski definition) is 5. The van der Waals surface area contributed by atoms with Crippen LogP contribution in [0.25, 0.3) is 0 Å². The van der Waals surface area contributed by atoms with E-state index in [1.807, 2.05) is 12.1 Å². The molecular weight excluding hydrogens is 284 g/mol. The highest BCUT2D eigenvalue weighted by molar-refractivity contribution is 7.99. The maximum absolute atomic E-state index is 11.5. The van der Waals surface area contributed by atoms with Gasteiger partial charge in [0.05, 0.1) is 18.4 Å². The average Bonchev–Trinajstić information content (AvgIpc) is 2.43. The number of carbonyl (C=O) groups is 1. The Labute approximate surface area is 119 Å². The molecule has 0 saturated heterocycles. The normalized spacial score (nSPS) is 10.2. The number of esters is 1. The fraction of sp³-hybridized carbons (Fsp3) is 0.0769. The summed E-state index contributed by atoms with van der Waals surface area (Å²) in [5.41, 5.74) is 6.56. The van der Waals surface area contributed by atoms with Crippen molar-refractivity contribution in [2.75, 3.05) is 12.8 Å². The Hall–Kier alpha value is -1.72. The SMILES string of the molecule is COC(=O)c1ccnc(Sc2ccc(Cl)cc2)c1N. The summed E-state index contributed by atoms with van der Waals surface area (Å²) in [5, 5.41) is 1.22. The maximum Gasteiger partial charge on any atom is 0.340 e. The first-order chi connectivity index (χ1) is 9.11. The molecule has 0 saturated carbocycles. The van der Waals surface area contributed by atoms with E-state index in [2.05, 4.69) is 9.72 Å². The van der Waals surface area contributed by atoms with Crippen LogP contribution in [0.1, 0.15) is 10.4 Å². The van der Waals surface area contributed by atoms with Gasteiger partial charge < -0.3 is 10.5 Å². The van der Waals surface area contributed by atoms with Crippen LogP contribution in [0.2, 0.25) is 5.02 Å². The van der Waals surface area contributed by atoms with Crippen LogP contribution >= 0.6 is 23.4 Å². The van der Waals surface area contributed by atoms with Crippen LogP contribution in [-0.4, -0.2) is 18.1 Å². The number of nitrogens with two attached hydrogens (primary N) is 1. The number of pyridine rings is 1. The summed E-state index contributed by atoms with van der Waals surface area (Å²) < 4.78 is 4.66. The van der Waals surface area contributed by atoms with E-state index in [4.69, 9.17) is 17.3 Å². The van der Waals surface area contributed by atoms with E-state index in [1.54, 1.807) is 12.1 Å². The Morgan fingerprint density at radius 2 is 2.00 bits per heavy atom. The second-order valence-electron chi connectivity index (χ2n) is 3.62. The van der Waals surface area contributed by atoms with Crippen LogP contribution in [0.5, 0.6) is 0 Å². The van der Waals surface area contributed by atoms with Crippen molar-refractivity contribution in [3.05, 3.63) is 47.1 Å². The number of anilines is 1. The smallest absolute Gasteiger partial charge is 0.340 e. The number of methoxy groups -OCH3 is 1. The fourth-order valence-electron chi connectivity index (χ4n) is 1.44. The van der Waals surface area contributed by atoms with Crippen molar-refractivity contribution >= 4 is 35.0 Å². The standard InChI is InChI=1S/C13H11ClN2O2S/c1-18-13(17)10-6-7-16-12(11(10)15)19-9-4-2-8(14)3-5-9/h2-7H,15H2,1H3. The quantitative estimate of drug-likeness (QED) is 0.880. The molecule has 0 bridgehead atoms. The molecule has 0 unspecified atom stereocenters. The zero-order valence-electron chi connectivity index (χ0n) is 10.1. The molecule has 19 heavy (non-hydrogen) atoms. The van der Waals surface area contributed by atoms with Gasteiger partial charge in [-0.2, -0.15) is 0 Å². The predicted octanol–water partition coefficient (Wildman–Crippen LogP) is 3.26. The molecule has 0 fully saturated rings. The van der Waals surface area contributed by atoms with Gasteiger partial charge in [0.15, 0.2) is 0 Å². The molecule has 4 nitrogen and oxygen atoms in total. The summed E-state index contributed by atoms with van der Waals surface area (Å²) >= 11 is 7.18. The van der Waals surface area contributed by atoms with Gasteiger partial charge in [-0.15, -0.1) is 0 Å². The Balaban J connectivity index is 2.30. The maximum atomic E-state index is 11.5. The Bertz CT molecular complexity index is 602. The number of carbonyl (C=O) groups excluding carboxylic acids is 1. The molecule has 6 heteroatoms. The van der Waals surface area contributed by atoms with Crippen molar-refractivity contribution in [1.82, 2.24) is 4.98 Å². The molecule has 2 rings (SSSR count). The Kier molecular flexibility index (Phi) is 4.29. The fourth-order valence-corrected chi connectivity index (χ4v) is 2.39. The van der Waals surface area contributed by atoms with Gasteiger partial charge in [0, 0.05) is 16.1 Å². The Morgan fingerprint density at radius 1 is 1.32 bits per heavy atom. The van der Waals surface area contributed by atoms with Crippen LogP contribution in [0.4, 0.5) is 5.69 Å². The van der Waals surface area contributed by atoms with Crippen molar-refractivity contribution < 1.29 is 9.53 Å². The summed E-state index contributed by atoms with van der Waals surface area (Å²) in [6, 6.07) is 8.82.